The topological polar surface area (TPSA) is 102 Å². The minimum atomic E-state index is -3.76. The number of carbonyl (C=O) groups excluding carboxylic acids is 2. The molecule has 0 aromatic heterocycles. The zero-order chi connectivity index (χ0) is 20.7. The summed E-state index contributed by atoms with van der Waals surface area (Å²) in [6.07, 6.45) is 1.37. The Morgan fingerprint density at radius 3 is 2.57 bits per heavy atom. The number of sulfonamides is 1. The molecule has 2 atom stereocenters. The lowest BCUT2D eigenvalue weighted by atomic mass is 10.2. The van der Waals surface area contributed by atoms with Crippen molar-refractivity contribution in [2.75, 3.05) is 26.2 Å². The third kappa shape index (κ3) is 6.02. The lowest BCUT2D eigenvalue weighted by molar-refractivity contribution is -0.124. The fourth-order valence-corrected chi connectivity index (χ4v) is 4.57. The highest BCUT2D eigenvalue weighted by Crippen LogP contribution is 2.22. The van der Waals surface area contributed by atoms with Crippen molar-refractivity contribution in [1.82, 2.24) is 9.62 Å². The molecule has 0 aliphatic carbocycles. The second kappa shape index (κ2) is 9.99. The zero-order valence-corrected chi connectivity index (χ0v) is 17.3. The first kappa shape index (κ1) is 22.3. The lowest BCUT2D eigenvalue weighted by Gasteiger charge is -2.34. The number of nitrogens with zero attached hydrogens (tertiary/aromatic N) is 1. The van der Waals surface area contributed by atoms with Crippen LogP contribution in [0.15, 0.2) is 29.2 Å². The van der Waals surface area contributed by atoms with Gasteiger partial charge in [-0.3, -0.25) is 4.79 Å². The highest BCUT2D eigenvalue weighted by Gasteiger charge is 2.32. The molecule has 156 valence electrons. The molecular weight excluding hydrogens is 384 g/mol. The van der Waals surface area contributed by atoms with Crippen molar-refractivity contribution in [2.24, 2.45) is 0 Å². The van der Waals surface area contributed by atoms with Crippen LogP contribution in [0.25, 0.3) is 0 Å². The van der Waals surface area contributed by atoms with Crippen LogP contribution in [0.3, 0.4) is 0 Å². The number of ether oxygens (including phenoxy) is 2. The Labute approximate surface area is 166 Å². The van der Waals surface area contributed by atoms with Crippen LogP contribution in [0.2, 0.25) is 0 Å². The van der Waals surface area contributed by atoms with Gasteiger partial charge in [-0.1, -0.05) is 19.4 Å². The Balaban J connectivity index is 2.04. The van der Waals surface area contributed by atoms with Gasteiger partial charge in [-0.25, -0.2) is 13.2 Å². The van der Waals surface area contributed by atoms with Gasteiger partial charge in [-0.05, 0) is 38.5 Å². The van der Waals surface area contributed by atoms with Gasteiger partial charge in [-0.15, -0.1) is 0 Å². The first-order valence-electron chi connectivity index (χ1n) is 9.43. The van der Waals surface area contributed by atoms with Crippen LogP contribution in [0.4, 0.5) is 0 Å². The molecule has 0 saturated carbocycles. The molecule has 0 spiro atoms. The number of rotatable bonds is 8. The van der Waals surface area contributed by atoms with Crippen LogP contribution in [0, 0.1) is 0 Å². The van der Waals surface area contributed by atoms with E-state index in [4.69, 9.17) is 9.47 Å². The van der Waals surface area contributed by atoms with Gasteiger partial charge in [-0.2, -0.15) is 4.31 Å². The van der Waals surface area contributed by atoms with Crippen LogP contribution in [-0.4, -0.2) is 63.0 Å². The minimum Gasteiger partial charge on any atom is -0.452 e. The molecule has 1 fully saturated rings. The Morgan fingerprint density at radius 1 is 1.25 bits per heavy atom. The molecule has 1 heterocycles. The Bertz CT molecular complexity index is 785. The summed E-state index contributed by atoms with van der Waals surface area (Å²) in [5, 5.41) is 2.65. The van der Waals surface area contributed by atoms with E-state index < -0.39 is 22.6 Å². The molecule has 1 aromatic rings. The van der Waals surface area contributed by atoms with Gasteiger partial charge >= 0.3 is 5.97 Å². The van der Waals surface area contributed by atoms with E-state index in [1.54, 1.807) is 0 Å². The summed E-state index contributed by atoms with van der Waals surface area (Å²) in [4.78, 5) is 23.9. The van der Waals surface area contributed by atoms with E-state index in [1.807, 2.05) is 20.8 Å². The average molecular weight is 413 g/mol. The Morgan fingerprint density at radius 2 is 1.93 bits per heavy atom. The van der Waals surface area contributed by atoms with Crippen LogP contribution in [0.1, 0.15) is 44.0 Å². The summed E-state index contributed by atoms with van der Waals surface area (Å²) in [6.45, 7) is 6.26. The van der Waals surface area contributed by atoms with Crippen molar-refractivity contribution < 1.29 is 27.5 Å². The van der Waals surface area contributed by atoms with E-state index >= 15 is 0 Å². The average Bonchev–Trinajstić information content (AvgIpc) is 2.65. The zero-order valence-electron chi connectivity index (χ0n) is 16.5. The number of morpholine rings is 1. The second-order valence-corrected chi connectivity index (χ2v) is 8.82. The van der Waals surface area contributed by atoms with Crippen molar-refractivity contribution in [1.29, 1.82) is 0 Å². The predicted octanol–water partition coefficient (Wildman–Crippen LogP) is 1.56. The molecule has 0 bridgehead atoms. The molecule has 28 heavy (non-hydrogen) atoms. The molecule has 0 radical (unpaired) electrons. The highest BCUT2D eigenvalue weighted by molar-refractivity contribution is 7.89. The predicted molar refractivity (Wildman–Crippen MR) is 103 cm³/mol. The quantitative estimate of drug-likeness (QED) is 0.514. The highest BCUT2D eigenvalue weighted by atomic mass is 32.2. The molecule has 1 aliphatic heterocycles. The number of nitrogens with one attached hydrogen (secondary N) is 1. The molecule has 1 aliphatic rings. The smallest absolute Gasteiger partial charge is 0.338 e. The van der Waals surface area contributed by atoms with Gasteiger partial charge in [0.1, 0.15) is 0 Å². The van der Waals surface area contributed by atoms with Gasteiger partial charge in [0.05, 0.1) is 22.7 Å². The summed E-state index contributed by atoms with van der Waals surface area (Å²) >= 11 is 0. The molecule has 2 rings (SSSR count). The third-order valence-electron chi connectivity index (χ3n) is 4.28. The summed E-state index contributed by atoms with van der Waals surface area (Å²) in [5.74, 6) is -1.13. The summed E-state index contributed by atoms with van der Waals surface area (Å²) < 4.78 is 37.8. The first-order chi connectivity index (χ1) is 13.2. The summed E-state index contributed by atoms with van der Waals surface area (Å²) in [5.41, 5.74) is 0.0804. The van der Waals surface area contributed by atoms with Crippen LogP contribution in [-0.2, 0) is 24.3 Å². The van der Waals surface area contributed by atoms with E-state index in [9.17, 15) is 18.0 Å². The number of carbonyl (C=O) groups is 2. The van der Waals surface area contributed by atoms with Gasteiger partial charge in [0.2, 0.25) is 10.0 Å². The van der Waals surface area contributed by atoms with E-state index in [2.05, 4.69) is 5.32 Å². The van der Waals surface area contributed by atoms with Crippen LogP contribution < -0.4 is 5.32 Å². The van der Waals surface area contributed by atoms with Crippen molar-refractivity contribution in [3.63, 3.8) is 0 Å². The van der Waals surface area contributed by atoms with Crippen LogP contribution in [0.5, 0.6) is 0 Å². The fraction of sp³-hybridized carbons (Fsp3) is 0.579. The summed E-state index contributed by atoms with van der Waals surface area (Å²) in [6, 6.07) is 5.66. The van der Waals surface area contributed by atoms with Gasteiger partial charge in [0, 0.05) is 19.6 Å². The molecule has 1 N–H and O–H groups in total. The monoisotopic (exact) mass is 412 g/mol. The maximum absolute atomic E-state index is 12.9. The molecule has 1 saturated heterocycles. The van der Waals surface area contributed by atoms with Crippen LogP contribution >= 0.6 is 0 Å². The maximum Gasteiger partial charge on any atom is 0.338 e. The molecule has 9 heteroatoms. The number of benzene rings is 1. The third-order valence-corrected chi connectivity index (χ3v) is 6.11. The fourth-order valence-electron chi connectivity index (χ4n) is 2.93. The van der Waals surface area contributed by atoms with Gasteiger partial charge in [0.15, 0.2) is 6.61 Å². The Hall–Kier alpha value is -1.97. The van der Waals surface area contributed by atoms with E-state index in [0.29, 0.717) is 6.54 Å². The lowest BCUT2D eigenvalue weighted by Crippen LogP contribution is -2.48. The SMILES string of the molecule is CCCCNC(=O)COC(=O)c1cccc(S(=O)(=O)N2C[C@@H](C)O[C@@H](C)C2)c1. The minimum absolute atomic E-state index is 0.00986. The number of hydrogen-bond donors (Lipinski definition) is 1. The van der Waals surface area contributed by atoms with E-state index in [-0.39, 0.29) is 41.7 Å². The number of amides is 1. The largest absolute Gasteiger partial charge is 0.452 e. The van der Waals surface area contributed by atoms with Crippen molar-refractivity contribution in [3.8, 4) is 0 Å². The van der Waals surface area contributed by atoms with Crippen molar-refractivity contribution >= 4 is 21.9 Å². The first-order valence-corrected chi connectivity index (χ1v) is 10.9. The number of hydrogen-bond acceptors (Lipinski definition) is 6. The van der Waals surface area contributed by atoms with E-state index in [0.717, 1.165) is 12.8 Å². The molecule has 8 nitrogen and oxygen atoms in total. The normalized spacial score (nSPS) is 20.5. The molecular formula is C19H28N2O6S. The Kier molecular flexibility index (Phi) is 7.97. The summed E-state index contributed by atoms with van der Waals surface area (Å²) in [7, 11) is -3.76. The molecule has 1 aromatic carbocycles. The van der Waals surface area contributed by atoms with Crippen molar-refractivity contribution in [3.05, 3.63) is 29.8 Å². The van der Waals surface area contributed by atoms with Gasteiger partial charge in [0.25, 0.3) is 5.91 Å². The molecule has 1 amide bonds. The van der Waals surface area contributed by atoms with Gasteiger partial charge < -0.3 is 14.8 Å². The second-order valence-electron chi connectivity index (χ2n) is 6.89. The number of esters is 1. The van der Waals surface area contributed by atoms with Crippen molar-refractivity contribution in [2.45, 2.75) is 50.7 Å². The van der Waals surface area contributed by atoms with E-state index in [1.165, 1.54) is 28.6 Å². The standard InChI is InChI=1S/C19H28N2O6S/c1-4-5-9-20-18(22)13-26-19(23)16-7-6-8-17(10-16)28(24,25)21-11-14(2)27-15(3)12-21/h6-8,10,14-15H,4-5,9,11-13H2,1-3H3,(H,20,22)/t14-,15+. The maximum atomic E-state index is 12.9. The number of unbranched alkanes of at least 4 members (excludes halogenated alkanes) is 1. The molecule has 0 unspecified atom stereocenters.